The minimum absolute atomic E-state index is 0.00393. The van der Waals surface area contributed by atoms with Crippen molar-refractivity contribution in [1.29, 1.82) is 0 Å². The third kappa shape index (κ3) is 1.93. The summed E-state index contributed by atoms with van der Waals surface area (Å²) in [6.45, 7) is 4.74. The van der Waals surface area contributed by atoms with E-state index in [2.05, 4.69) is 11.9 Å². The Morgan fingerprint density at radius 1 is 1.67 bits per heavy atom. The van der Waals surface area contributed by atoms with E-state index in [1.54, 1.807) is 6.92 Å². The third-order valence-corrected chi connectivity index (χ3v) is 3.21. The van der Waals surface area contributed by atoms with E-state index in [0.29, 0.717) is 5.57 Å². The number of hydrogen-bond donors (Lipinski definition) is 3. The van der Waals surface area contributed by atoms with Gasteiger partial charge in [-0.3, -0.25) is 4.79 Å². The van der Waals surface area contributed by atoms with Gasteiger partial charge in [-0.2, -0.15) is 0 Å². The molecule has 0 unspecified atom stereocenters. The van der Waals surface area contributed by atoms with Gasteiger partial charge in [0.15, 0.2) is 0 Å². The van der Waals surface area contributed by atoms with Crippen molar-refractivity contribution in [2.75, 3.05) is 6.61 Å². The highest BCUT2D eigenvalue weighted by Gasteiger charge is 2.38. The van der Waals surface area contributed by atoms with Crippen molar-refractivity contribution in [1.82, 2.24) is 10.2 Å². The van der Waals surface area contributed by atoms with Crippen LogP contribution in [-0.2, 0) is 4.79 Å². The molecule has 1 aliphatic carbocycles. The van der Waals surface area contributed by atoms with Crippen LogP contribution in [0.15, 0.2) is 35.6 Å². The summed E-state index contributed by atoms with van der Waals surface area (Å²) >= 11 is 0. The zero-order valence-corrected chi connectivity index (χ0v) is 9.98. The van der Waals surface area contributed by atoms with E-state index in [1.165, 1.54) is 11.1 Å². The first-order valence-corrected chi connectivity index (χ1v) is 5.60. The molecule has 18 heavy (non-hydrogen) atoms. The van der Waals surface area contributed by atoms with Gasteiger partial charge in [0, 0.05) is 23.8 Å². The van der Waals surface area contributed by atoms with Crippen molar-refractivity contribution in [3.05, 3.63) is 35.6 Å². The first-order chi connectivity index (χ1) is 8.45. The van der Waals surface area contributed by atoms with E-state index >= 15 is 0 Å². The number of aliphatic hydroxyl groups excluding tert-OH is 2. The van der Waals surface area contributed by atoms with Gasteiger partial charge < -0.3 is 20.4 Å². The van der Waals surface area contributed by atoms with Crippen LogP contribution in [-0.4, -0.2) is 39.8 Å². The zero-order valence-electron chi connectivity index (χ0n) is 9.98. The molecule has 0 fully saturated rings. The van der Waals surface area contributed by atoms with Gasteiger partial charge in [0.1, 0.15) is 11.6 Å². The van der Waals surface area contributed by atoms with Crippen molar-refractivity contribution in [3.8, 4) is 0 Å². The molecule has 1 heterocycles. The molecule has 2 atom stereocenters. The molecule has 1 aliphatic heterocycles. The van der Waals surface area contributed by atoms with E-state index in [-0.39, 0.29) is 23.7 Å². The molecule has 0 aromatic rings. The van der Waals surface area contributed by atoms with Crippen LogP contribution in [0.5, 0.6) is 0 Å². The molecule has 1 amide bonds. The van der Waals surface area contributed by atoms with Crippen molar-refractivity contribution in [2.45, 2.75) is 25.5 Å². The lowest BCUT2D eigenvalue weighted by Gasteiger charge is -2.32. The number of hydrogen-bond acceptors (Lipinski definition) is 4. The van der Waals surface area contributed by atoms with Crippen LogP contribution in [0.25, 0.3) is 0 Å². The summed E-state index contributed by atoms with van der Waals surface area (Å²) in [5.41, 5.74) is 0.429. The van der Waals surface area contributed by atoms with E-state index in [4.69, 9.17) is 5.11 Å². The summed E-state index contributed by atoms with van der Waals surface area (Å²) in [5, 5.41) is 21.2. The fraction of sp³-hybridized carbons (Fsp3) is 0.417. The van der Waals surface area contributed by atoms with Crippen LogP contribution in [0.4, 0.5) is 4.39 Å². The summed E-state index contributed by atoms with van der Waals surface area (Å²) in [6, 6.07) is -0.731. The van der Waals surface area contributed by atoms with Crippen LogP contribution >= 0.6 is 0 Å². The molecule has 0 saturated heterocycles. The fourth-order valence-electron chi connectivity index (χ4n) is 2.16. The number of rotatable bonds is 2. The maximum Gasteiger partial charge on any atom is 0.253 e. The Morgan fingerprint density at radius 3 is 2.89 bits per heavy atom. The zero-order chi connectivity index (χ0) is 13.4. The standard InChI is InChI=1S/C12H15FN2O3/c1-6-4-15(7(2)14-12(6)18)9-3-10(17)8(5-16)11(9)13/h4,9-10,16-17H,2-3,5H2,1H3,(H,14,18)/t9-,10-/m0/s1. The number of carbonyl (C=O) groups is 1. The Labute approximate surface area is 104 Å². The lowest BCUT2D eigenvalue weighted by Crippen LogP contribution is -2.42. The second kappa shape index (κ2) is 4.55. The second-order valence-corrected chi connectivity index (χ2v) is 4.42. The predicted octanol–water partition coefficient (Wildman–Crippen LogP) is 0.142. The highest BCUT2D eigenvalue weighted by Crippen LogP contribution is 2.34. The summed E-state index contributed by atoms with van der Waals surface area (Å²) in [4.78, 5) is 12.8. The molecule has 0 radical (unpaired) electrons. The molecule has 6 heteroatoms. The fourth-order valence-corrected chi connectivity index (χ4v) is 2.16. The van der Waals surface area contributed by atoms with Gasteiger partial charge in [-0.1, -0.05) is 6.58 Å². The van der Waals surface area contributed by atoms with Gasteiger partial charge in [0.25, 0.3) is 5.91 Å². The molecule has 0 saturated carbocycles. The van der Waals surface area contributed by atoms with Crippen LogP contribution < -0.4 is 5.32 Å². The number of nitrogens with zero attached hydrogens (tertiary/aromatic N) is 1. The Kier molecular flexibility index (Phi) is 3.23. The number of aliphatic hydroxyl groups is 2. The van der Waals surface area contributed by atoms with Crippen LogP contribution in [0.3, 0.4) is 0 Å². The Morgan fingerprint density at radius 2 is 2.33 bits per heavy atom. The number of halogens is 1. The van der Waals surface area contributed by atoms with Gasteiger partial charge in [0.2, 0.25) is 0 Å². The number of nitrogens with one attached hydrogen (secondary N) is 1. The minimum Gasteiger partial charge on any atom is -0.392 e. The van der Waals surface area contributed by atoms with Gasteiger partial charge in [-0.05, 0) is 6.92 Å². The Balaban J connectivity index is 2.31. The Bertz CT molecular complexity index is 470. The van der Waals surface area contributed by atoms with Crippen LogP contribution in [0, 0.1) is 0 Å². The van der Waals surface area contributed by atoms with Gasteiger partial charge in [0.05, 0.1) is 18.8 Å². The normalized spacial score (nSPS) is 28.7. The first-order valence-electron chi connectivity index (χ1n) is 5.60. The molecule has 2 aliphatic rings. The molecule has 3 N–H and O–H groups in total. The maximum absolute atomic E-state index is 14.0. The highest BCUT2D eigenvalue weighted by atomic mass is 19.1. The lowest BCUT2D eigenvalue weighted by molar-refractivity contribution is -0.117. The average molecular weight is 254 g/mol. The molecule has 2 rings (SSSR count). The van der Waals surface area contributed by atoms with Crippen molar-refractivity contribution < 1.29 is 19.4 Å². The quantitative estimate of drug-likeness (QED) is 0.655. The highest BCUT2D eigenvalue weighted by molar-refractivity contribution is 5.94. The SMILES string of the molecule is C=C1NC(=O)C(C)=CN1[C@H]1C[C@H](O)C(CO)=C1F. The summed E-state index contributed by atoms with van der Waals surface area (Å²) in [6.07, 6.45) is 0.623. The number of carbonyl (C=O) groups excluding carboxylic acids is 1. The second-order valence-electron chi connectivity index (χ2n) is 4.42. The minimum atomic E-state index is -1.00. The first kappa shape index (κ1) is 12.8. The monoisotopic (exact) mass is 254 g/mol. The molecule has 0 aromatic heterocycles. The summed E-state index contributed by atoms with van der Waals surface area (Å²) < 4.78 is 14.0. The largest absolute Gasteiger partial charge is 0.392 e. The molecular formula is C12H15FN2O3. The maximum atomic E-state index is 14.0. The molecule has 0 bridgehead atoms. The molecule has 5 nitrogen and oxygen atoms in total. The van der Waals surface area contributed by atoms with E-state index < -0.39 is 24.6 Å². The smallest absolute Gasteiger partial charge is 0.253 e. The van der Waals surface area contributed by atoms with Gasteiger partial charge in [-0.25, -0.2) is 4.39 Å². The third-order valence-electron chi connectivity index (χ3n) is 3.21. The lowest BCUT2D eigenvalue weighted by atomic mass is 10.1. The van der Waals surface area contributed by atoms with Crippen molar-refractivity contribution in [2.24, 2.45) is 0 Å². The predicted molar refractivity (Wildman–Crippen MR) is 62.5 cm³/mol. The molecular weight excluding hydrogens is 239 g/mol. The van der Waals surface area contributed by atoms with Crippen LogP contribution in [0.1, 0.15) is 13.3 Å². The van der Waals surface area contributed by atoms with E-state index in [9.17, 15) is 14.3 Å². The van der Waals surface area contributed by atoms with E-state index in [0.717, 1.165) is 0 Å². The topological polar surface area (TPSA) is 72.8 Å². The van der Waals surface area contributed by atoms with E-state index in [1.807, 2.05) is 0 Å². The summed E-state index contributed by atoms with van der Waals surface area (Å²) in [7, 11) is 0. The Hall–Kier alpha value is -1.66. The summed E-state index contributed by atoms with van der Waals surface area (Å²) in [5.74, 6) is -0.579. The molecule has 98 valence electrons. The molecule has 0 aromatic carbocycles. The van der Waals surface area contributed by atoms with Crippen LogP contribution in [0.2, 0.25) is 0 Å². The van der Waals surface area contributed by atoms with Gasteiger partial charge in [-0.15, -0.1) is 0 Å². The number of amides is 1. The van der Waals surface area contributed by atoms with Gasteiger partial charge >= 0.3 is 0 Å². The average Bonchev–Trinajstić information content (AvgIpc) is 2.59. The van der Waals surface area contributed by atoms with Crippen molar-refractivity contribution in [3.63, 3.8) is 0 Å². The molecule has 0 spiro atoms. The van der Waals surface area contributed by atoms with Crippen molar-refractivity contribution >= 4 is 5.91 Å².